The molecule has 17 heteroatoms. The molecule has 41 heavy (non-hydrogen) atoms. The normalized spacial score (nSPS) is 17.0. The van der Waals surface area contributed by atoms with Crippen LogP contribution >= 0.6 is 11.6 Å². The zero-order valence-corrected chi connectivity index (χ0v) is 23.9. The van der Waals surface area contributed by atoms with Crippen molar-refractivity contribution in [1.82, 2.24) is 14.9 Å². The molecule has 1 aliphatic rings. The molecule has 0 aromatic heterocycles. The number of benzene rings is 2. The Balaban J connectivity index is 1.81. The molecule has 2 aromatic rings. The molecule has 2 aromatic carbocycles. The molecule has 0 saturated carbocycles. The van der Waals surface area contributed by atoms with Gasteiger partial charge in [0.1, 0.15) is 21.9 Å². The molecule has 0 fully saturated rings. The van der Waals surface area contributed by atoms with Crippen molar-refractivity contribution in [3.05, 3.63) is 64.9 Å². The number of carbonyl (C=O) groups excluding carboxylic acids is 1. The molecular weight excluding hydrogens is 602 g/mol. The van der Waals surface area contributed by atoms with Gasteiger partial charge in [-0.3, -0.25) is 19.6 Å². The molecular formula is C24H28ClN5O9S2. The maximum absolute atomic E-state index is 13.2. The van der Waals surface area contributed by atoms with Crippen molar-refractivity contribution < 1.29 is 41.4 Å². The van der Waals surface area contributed by atoms with E-state index in [1.165, 1.54) is 6.92 Å². The molecule has 3 atom stereocenters. The average Bonchev–Trinajstić information content (AvgIpc) is 3.28. The first kappa shape index (κ1) is 31.8. The monoisotopic (exact) mass is 629 g/mol. The van der Waals surface area contributed by atoms with Gasteiger partial charge in [0.2, 0.25) is 15.9 Å². The summed E-state index contributed by atoms with van der Waals surface area (Å²) in [4.78, 5) is 36.3. The standard InChI is InChI=1S/C24H28ClN5O9S2/c1-13(28-18(23(32)33)8-7-14-5-3-2-4-6-14)22(31)30-12-15(9-19(30)24(34)35)29-41(38,39)20-11-21(40(27,36)37)17(26)10-16(20)25/h2-6,10-13,18-19,28-29H,7-9,26H2,1H3,(H,32,33)(H,34,35)(H2,27,36,37)/t13-,18-,19-/m0/s1. The third-order valence-electron chi connectivity index (χ3n) is 6.19. The second-order valence-corrected chi connectivity index (χ2v) is 12.8. The Labute approximate surface area is 241 Å². The highest BCUT2D eigenvalue weighted by Crippen LogP contribution is 2.31. The molecule has 1 aliphatic heterocycles. The van der Waals surface area contributed by atoms with Crippen LogP contribution in [0.4, 0.5) is 5.69 Å². The van der Waals surface area contributed by atoms with Gasteiger partial charge >= 0.3 is 11.9 Å². The van der Waals surface area contributed by atoms with Crippen molar-refractivity contribution in [2.45, 2.75) is 54.1 Å². The van der Waals surface area contributed by atoms with E-state index in [0.717, 1.165) is 22.7 Å². The van der Waals surface area contributed by atoms with Crippen LogP contribution in [0.5, 0.6) is 0 Å². The van der Waals surface area contributed by atoms with Crippen LogP contribution in [0.1, 0.15) is 25.3 Å². The largest absolute Gasteiger partial charge is 0.480 e. The van der Waals surface area contributed by atoms with E-state index in [1.54, 1.807) is 0 Å². The van der Waals surface area contributed by atoms with Crippen LogP contribution in [-0.4, -0.2) is 67.9 Å². The first-order valence-corrected chi connectivity index (χ1v) is 15.3. The maximum atomic E-state index is 13.2. The predicted molar refractivity (Wildman–Crippen MR) is 147 cm³/mol. The summed E-state index contributed by atoms with van der Waals surface area (Å²) in [5, 5.41) is 26.7. The zero-order valence-electron chi connectivity index (χ0n) is 21.5. The number of carbonyl (C=O) groups is 3. The summed E-state index contributed by atoms with van der Waals surface area (Å²) in [6, 6.07) is 6.83. The number of primary sulfonamides is 1. The number of nitrogens with one attached hydrogen (secondary N) is 2. The maximum Gasteiger partial charge on any atom is 0.327 e. The number of amides is 1. The van der Waals surface area contributed by atoms with Crippen molar-refractivity contribution in [2.24, 2.45) is 5.14 Å². The summed E-state index contributed by atoms with van der Waals surface area (Å²) in [5.74, 6) is -3.48. The van der Waals surface area contributed by atoms with Gasteiger partial charge in [0.15, 0.2) is 0 Å². The number of hydrogen-bond acceptors (Lipinski definition) is 9. The van der Waals surface area contributed by atoms with Gasteiger partial charge in [0.05, 0.1) is 16.8 Å². The lowest BCUT2D eigenvalue weighted by molar-refractivity contribution is -0.148. The van der Waals surface area contributed by atoms with Crippen molar-refractivity contribution in [3.63, 3.8) is 0 Å². The van der Waals surface area contributed by atoms with Crippen molar-refractivity contribution in [3.8, 4) is 0 Å². The van der Waals surface area contributed by atoms with Crippen LogP contribution in [0.25, 0.3) is 0 Å². The molecule has 1 amide bonds. The fraction of sp³-hybridized carbons (Fsp3) is 0.292. The molecule has 14 nitrogen and oxygen atoms in total. The number of nitrogens with two attached hydrogens (primary N) is 2. The first-order valence-electron chi connectivity index (χ1n) is 11.9. The lowest BCUT2D eigenvalue weighted by Crippen LogP contribution is -2.52. The van der Waals surface area contributed by atoms with Crippen molar-refractivity contribution >= 4 is 55.2 Å². The fourth-order valence-corrected chi connectivity index (χ4v) is 6.57. The third kappa shape index (κ3) is 7.74. The van der Waals surface area contributed by atoms with Gasteiger partial charge < -0.3 is 20.8 Å². The highest BCUT2D eigenvalue weighted by atomic mass is 35.5. The van der Waals surface area contributed by atoms with Gasteiger partial charge in [0.25, 0.3) is 10.0 Å². The number of rotatable bonds is 12. The highest BCUT2D eigenvalue weighted by molar-refractivity contribution is 7.90. The second kappa shape index (κ2) is 12.4. The molecule has 1 heterocycles. The molecule has 0 unspecified atom stereocenters. The summed E-state index contributed by atoms with van der Waals surface area (Å²) in [6.45, 7) is 1.36. The molecule has 222 valence electrons. The number of carboxylic acid groups (broad SMARTS) is 2. The predicted octanol–water partition coefficient (Wildman–Crippen LogP) is 0.439. The minimum atomic E-state index is -4.61. The Kier molecular flexibility index (Phi) is 9.66. The number of aryl methyl sites for hydroxylation is 1. The molecule has 0 bridgehead atoms. The smallest absolute Gasteiger partial charge is 0.327 e. The summed E-state index contributed by atoms with van der Waals surface area (Å²) < 4.78 is 51.8. The zero-order chi connectivity index (χ0) is 30.7. The lowest BCUT2D eigenvalue weighted by atomic mass is 10.0. The lowest BCUT2D eigenvalue weighted by Gasteiger charge is -2.26. The summed E-state index contributed by atoms with van der Waals surface area (Å²) in [7, 11) is -9.02. The number of nitrogens with zero attached hydrogens (tertiary/aromatic N) is 1. The minimum absolute atomic E-state index is 0.142. The topological polar surface area (TPSA) is 239 Å². The molecule has 0 spiro atoms. The second-order valence-electron chi connectivity index (χ2n) is 9.23. The SMILES string of the molecule is C[C@H](N[C@@H](CCc1ccccc1)C(=O)O)C(=O)N1C=C(NS(=O)(=O)c2cc(S(N)(=O)=O)c(N)cc2Cl)C[C@H]1C(=O)O. The van der Waals surface area contributed by atoms with E-state index in [0.29, 0.717) is 12.5 Å². The van der Waals surface area contributed by atoms with E-state index in [1.807, 2.05) is 30.3 Å². The Morgan fingerprint density at radius 1 is 1.10 bits per heavy atom. The molecule has 0 radical (unpaired) electrons. The van der Waals surface area contributed by atoms with E-state index >= 15 is 0 Å². The third-order valence-corrected chi connectivity index (χ3v) is 9.03. The minimum Gasteiger partial charge on any atom is -0.480 e. The van der Waals surface area contributed by atoms with Gasteiger partial charge in [-0.15, -0.1) is 0 Å². The van der Waals surface area contributed by atoms with Crippen LogP contribution in [-0.2, 0) is 40.9 Å². The van der Waals surface area contributed by atoms with Gasteiger partial charge in [-0.25, -0.2) is 26.8 Å². The number of aliphatic carboxylic acids is 2. The summed E-state index contributed by atoms with van der Waals surface area (Å²) in [5.41, 5.74) is 5.88. The van der Waals surface area contributed by atoms with E-state index < -0.39 is 77.3 Å². The molecule has 0 aliphatic carbocycles. The number of hydrogen-bond donors (Lipinski definition) is 6. The Bertz CT molecular complexity index is 1600. The first-order chi connectivity index (χ1) is 19.0. The Morgan fingerprint density at radius 3 is 2.29 bits per heavy atom. The van der Waals surface area contributed by atoms with Crippen molar-refractivity contribution in [2.75, 3.05) is 5.73 Å². The molecule has 3 rings (SSSR count). The fourth-order valence-electron chi connectivity index (χ4n) is 4.17. The van der Waals surface area contributed by atoms with Crippen LogP contribution < -0.4 is 20.9 Å². The van der Waals surface area contributed by atoms with Crippen molar-refractivity contribution in [1.29, 1.82) is 0 Å². The number of carboxylic acids is 2. The number of halogens is 1. The van der Waals surface area contributed by atoms with Gasteiger partial charge in [0, 0.05) is 18.3 Å². The van der Waals surface area contributed by atoms with E-state index in [-0.39, 0.29) is 17.8 Å². The molecule has 8 N–H and O–H groups in total. The van der Waals surface area contributed by atoms with E-state index in [4.69, 9.17) is 22.5 Å². The summed E-state index contributed by atoms with van der Waals surface area (Å²) >= 11 is 5.99. The van der Waals surface area contributed by atoms with Gasteiger partial charge in [-0.1, -0.05) is 41.9 Å². The van der Waals surface area contributed by atoms with Crippen LogP contribution in [0.3, 0.4) is 0 Å². The van der Waals surface area contributed by atoms with Gasteiger partial charge in [-0.2, -0.15) is 0 Å². The van der Waals surface area contributed by atoms with Gasteiger partial charge in [-0.05, 0) is 37.5 Å². The molecule has 0 saturated heterocycles. The van der Waals surface area contributed by atoms with Crippen LogP contribution in [0.15, 0.2) is 64.2 Å². The van der Waals surface area contributed by atoms with E-state index in [2.05, 4.69) is 10.0 Å². The van der Waals surface area contributed by atoms with E-state index in [9.17, 15) is 41.4 Å². The quantitative estimate of drug-likeness (QED) is 0.176. The summed E-state index contributed by atoms with van der Waals surface area (Å²) in [6.07, 6.45) is 1.06. The van der Waals surface area contributed by atoms with Crippen LogP contribution in [0, 0.1) is 0 Å². The number of sulfonamides is 2. The number of anilines is 1. The average molecular weight is 630 g/mol. The highest BCUT2D eigenvalue weighted by Gasteiger charge is 2.39. The Hall–Kier alpha value is -3.70. The number of nitrogen functional groups attached to an aromatic ring is 1. The van der Waals surface area contributed by atoms with Crippen LogP contribution in [0.2, 0.25) is 5.02 Å². The Morgan fingerprint density at radius 2 is 1.73 bits per heavy atom.